The lowest BCUT2D eigenvalue weighted by atomic mass is 9.83. The Hall–Kier alpha value is 0.0700. The van der Waals surface area contributed by atoms with Crippen molar-refractivity contribution in [1.82, 2.24) is 10.2 Å². The van der Waals surface area contributed by atoms with E-state index in [-0.39, 0.29) is 0 Å². The van der Waals surface area contributed by atoms with Crippen LogP contribution in [0.5, 0.6) is 0 Å². The summed E-state index contributed by atoms with van der Waals surface area (Å²) in [6.45, 7) is 16.9. The molecule has 0 saturated carbocycles. The summed E-state index contributed by atoms with van der Waals surface area (Å²) in [6.07, 6.45) is 2.85. The van der Waals surface area contributed by atoms with Crippen molar-refractivity contribution in [2.45, 2.75) is 65.3 Å². The van der Waals surface area contributed by atoms with Crippen molar-refractivity contribution in [3.8, 4) is 0 Å². The van der Waals surface area contributed by atoms with Gasteiger partial charge in [-0.1, -0.05) is 41.5 Å². The average molecular weight is 303 g/mol. The van der Waals surface area contributed by atoms with E-state index in [1.54, 1.807) is 0 Å². The summed E-state index contributed by atoms with van der Waals surface area (Å²) in [6, 6.07) is 1.14. The quantitative estimate of drug-likeness (QED) is 0.847. The Morgan fingerprint density at radius 2 is 1.90 bits per heavy atom. The van der Waals surface area contributed by atoms with E-state index in [4.69, 9.17) is 0 Å². The molecule has 0 amide bonds. The van der Waals surface area contributed by atoms with Gasteiger partial charge in [-0.3, -0.25) is 9.11 Å². The van der Waals surface area contributed by atoms with Crippen molar-refractivity contribution >= 4 is 10.8 Å². The number of nitrogens with one attached hydrogen (secondary N) is 1. The van der Waals surface area contributed by atoms with Crippen molar-refractivity contribution in [2.75, 3.05) is 25.9 Å². The van der Waals surface area contributed by atoms with Gasteiger partial charge in [0.15, 0.2) is 0 Å². The summed E-state index contributed by atoms with van der Waals surface area (Å²) in [4.78, 5) is 2.63. The maximum Gasteiger partial charge on any atom is 0.0329 e. The molecular weight excluding hydrogens is 268 g/mol. The fourth-order valence-corrected chi connectivity index (χ4v) is 3.27. The normalized spacial score (nSPS) is 28.6. The van der Waals surface area contributed by atoms with Gasteiger partial charge in [0.05, 0.1) is 0 Å². The average Bonchev–Trinajstić information content (AvgIpc) is 2.34. The van der Waals surface area contributed by atoms with Gasteiger partial charge in [-0.2, -0.15) is 0 Å². The standard InChI is InChI=1S/C16H34N2OS/c1-12(2)14-10-17-15(16(4,5)6)11-18(14)9-8-13(3)20(7)19/h12-15,17H,8-11H2,1-7H3. The van der Waals surface area contributed by atoms with Crippen LogP contribution in [0.1, 0.15) is 48.0 Å². The minimum atomic E-state index is -0.705. The molecule has 1 aliphatic rings. The van der Waals surface area contributed by atoms with Gasteiger partial charge in [-0.15, -0.1) is 0 Å². The fourth-order valence-electron chi connectivity index (χ4n) is 2.83. The van der Waals surface area contributed by atoms with Crippen LogP contribution in [0.25, 0.3) is 0 Å². The molecule has 1 saturated heterocycles. The Kier molecular flexibility index (Phi) is 6.68. The number of piperazine rings is 1. The number of hydrogen-bond acceptors (Lipinski definition) is 3. The first-order valence-corrected chi connectivity index (χ1v) is 9.54. The van der Waals surface area contributed by atoms with Crippen molar-refractivity contribution in [2.24, 2.45) is 11.3 Å². The highest BCUT2D eigenvalue weighted by atomic mass is 32.2. The van der Waals surface area contributed by atoms with E-state index in [1.807, 2.05) is 6.26 Å². The Labute approximate surface area is 128 Å². The van der Waals surface area contributed by atoms with E-state index in [1.165, 1.54) is 0 Å². The van der Waals surface area contributed by atoms with Crippen LogP contribution in [-0.2, 0) is 10.8 Å². The van der Waals surface area contributed by atoms with Crippen LogP contribution in [0.3, 0.4) is 0 Å². The first-order chi connectivity index (χ1) is 9.12. The summed E-state index contributed by atoms with van der Waals surface area (Å²) in [5.74, 6) is 0.658. The minimum Gasteiger partial charge on any atom is -0.311 e. The highest BCUT2D eigenvalue weighted by Gasteiger charge is 2.35. The minimum absolute atomic E-state index is 0.291. The monoisotopic (exact) mass is 302 g/mol. The van der Waals surface area contributed by atoms with Crippen molar-refractivity contribution in [1.29, 1.82) is 0 Å². The molecule has 3 nitrogen and oxygen atoms in total. The summed E-state index contributed by atoms with van der Waals surface area (Å²) in [5.41, 5.74) is 0.291. The third-order valence-electron chi connectivity index (χ3n) is 4.66. The second-order valence-electron chi connectivity index (χ2n) is 7.73. The largest absolute Gasteiger partial charge is 0.311 e. The number of rotatable bonds is 5. The Bertz CT molecular complexity index is 325. The molecule has 0 aliphatic carbocycles. The molecule has 0 radical (unpaired) electrons. The van der Waals surface area contributed by atoms with Gasteiger partial charge in [0.1, 0.15) is 0 Å². The Morgan fingerprint density at radius 3 is 2.35 bits per heavy atom. The molecule has 0 aromatic rings. The van der Waals surface area contributed by atoms with Gasteiger partial charge >= 0.3 is 0 Å². The molecule has 0 bridgehead atoms. The van der Waals surface area contributed by atoms with Gasteiger partial charge < -0.3 is 5.32 Å². The molecule has 4 atom stereocenters. The molecule has 1 heterocycles. The summed E-state index contributed by atoms with van der Waals surface area (Å²) in [7, 11) is -0.705. The van der Waals surface area contributed by atoms with Gasteiger partial charge in [0, 0.05) is 47.5 Å². The first kappa shape index (κ1) is 18.1. The highest BCUT2D eigenvalue weighted by Crippen LogP contribution is 2.25. The van der Waals surface area contributed by atoms with Gasteiger partial charge in [0.25, 0.3) is 0 Å². The molecule has 1 N–H and O–H groups in total. The van der Waals surface area contributed by atoms with Crippen LogP contribution in [0, 0.1) is 11.3 Å². The van der Waals surface area contributed by atoms with Gasteiger partial charge in [0.2, 0.25) is 0 Å². The lowest BCUT2D eigenvalue weighted by Crippen LogP contribution is -2.61. The summed E-state index contributed by atoms with van der Waals surface area (Å²) < 4.78 is 11.5. The molecule has 4 heteroatoms. The summed E-state index contributed by atoms with van der Waals surface area (Å²) >= 11 is 0. The number of hydrogen-bond donors (Lipinski definition) is 1. The molecular formula is C16H34N2OS. The van der Waals surface area contributed by atoms with Crippen molar-refractivity contribution in [3.05, 3.63) is 0 Å². The molecule has 120 valence electrons. The van der Waals surface area contributed by atoms with Crippen molar-refractivity contribution < 1.29 is 4.21 Å². The second-order valence-corrected chi connectivity index (χ2v) is 9.53. The molecule has 1 fully saturated rings. The lowest BCUT2D eigenvalue weighted by Gasteiger charge is -2.46. The third kappa shape index (κ3) is 5.12. The highest BCUT2D eigenvalue weighted by molar-refractivity contribution is 7.84. The lowest BCUT2D eigenvalue weighted by molar-refractivity contribution is 0.0625. The van der Waals surface area contributed by atoms with E-state index in [0.29, 0.717) is 28.7 Å². The van der Waals surface area contributed by atoms with Crippen LogP contribution >= 0.6 is 0 Å². The molecule has 0 aromatic carbocycles. The molecule has 1 aliphatic heterocycles. The van der Waals surface area contributed by atoms with Gasteiger partial charge in [-0.25, -0.2) is 0 Å². The third-order valence-corrected chi connectivity index (χ3v) is 6.03. The van der Waals surface area contributed by atoms with Crippen LogP contribution in [0.2, 0.25) is 0 Å². The summed E-state index contributed by atoms with van der Waals surface area (Å²) in [5, 5.41) is 4.03. The SMILES string of the molecule is CC(C)C1CNC(C(C)(C)C)CN1CCC(C)S(C)=O. The molecule has 0 spiro atoms. The zero-order valence-electron chi connectivity index (χ0n) is 14.4. The molecule has 20 heavy (non-hydrogen) atoms. The maximum absolute atomic E-state index is 11.5. The van der Waals surface area contributed by atoms with Crippen LogP contribution in [0.4, 0.5) is 0 Å². The smallest absolute Gasteiger partial charge is 0.0329 e. The van der Waals surface area contributed by atoms with Crippen LogP contribution in [0.15, 0.2) is 0 Å². The van der Waals surface area contributed by atoms with E-state index in [0.717, 1.165) is 26.1 Å². The second kappa shape index (κ2) is 7.37. The Morgan fingerprint density at radius 1 is 1.30 bits per heavy atom. The predicted octanol–water partition coefficient (Wildman–Crippen LogP) is 2.49. The van der Waals surface area contributed by atoms with E-state index >= 15 is 0 Å². The van der Waals surface area contributed by atoms with Crippen LogP contribution in [-0.4, -0.2) is 52.3 Å². The fraction of sp³-hybridized carbons (Fsp3) is 1.00. The van der Waals surface area contributed by atoms with Gasteiger partial charge in [-0.05, 0) is 24.3 Å². The molecule has 4 unspecified atom stereocenters. The maximum atomic E-state index is 11.5. The zero-order valence-corrected chi connectivity index (χ0v) is 15.2. The molecule has 1 rings (SSSR count). The van der Waals surface area contributed by atoms with E-state index in [2.05, 4.69) is 51.8 Å². The topological polar surface area (TPSA) is 32.3 Å². The Balaban J connectivity index is 2.66. The van der Waals surface area contributed by atoms with E-state index < -0.39 is 10.8 Å². The zero-order chi connectivity index (χ0) is 15.5. The van der Waals surface area contributed by atoms with Crippen molar-refractivity contribution in [3.63, 3.8) is 0 Å². The van der Waals surface area contributed by atoms with Crippen LogP contribution < -0.4 is 5.32 Å². The predicted molar refractivity (Wildman–Crippen MR) is 89.6 cm³/mol. The molecule has 0 aromatic heterocycles. The first-order valence-electron chi connectivity index (χ1n) is 7.92. The van der Waals surface area contributed by atoms with E-state index in [9.17, 15) is 4.21 Å². The number of nitrogens with zero attached hydrogens (tertiary/aromatic N) is 1.